The van der Waals surface area contributed by atoms with Crippen LogP contribution in [0.4, 0.5) is 5.69 Å². The zero-order valence-corrected chi connectivity index (χ0v) is 14.4. The van der Waals surface area contributed by atoms with Crippen molar-refractivity contribution in [2.75, 3.05) is 4.90 Å². The summed E-state index contributed by atoms with van der Waals surface area (Å²) in [5.74, 6) is 0. The van der Waals surface area contributed by atoms with Crippen LogP contribution >= 0.6 is 11.3 Å². The van der Waals surface area contributed by atoms with Crippen molar-refractivity contribution in [3.63, 3.8) is 0 Å². The van der Waals surface area contributed by atoms with Crippen LogP contribution in [-0.2, 0) is 5.54 Å². The monoisotopic (exact) mass is 323 g/mol. The molecule has 3 heterocycles. The average molecular weight is 323 g/mol. The van der Waals surface area contributed by atoms with Crippen LogP contribution in [0.3, 0.4) is 0 Å². The molecule has 2 aromatic heterocycles. The Balaban J connectivity index is 1.79. The van der Waals surface area contributed by atoms with Crippen LogP contribution in [-0.4, -0.2) is 9.38 Å². The van der Waals surface area contributed by atoms with Gasteiger partial charge in [0.05, 0.1) is 23.0 Å². The van der Waals surface area contributed by atoms with Gasteiger partial charge in [-0.25, -0.2) is 4.98 Å². The van der Waals surface area contributed by atoms with Gasteiger partial charge in [-0.1, -0.05) is 31.0 Å². The van der Waals surface area contributed by atoms with Gasteiger partial charge in [-0.3, -0.25) is 4.40 Å². The maximum absolute atomic E-state index is 5.00. The summed E-state index contributed by atoms with van der Waals surface area (Å²) in [7, 11) is 0. The van der Waals surface area contributed by atoms with Gasteiger partial charge in [-0.05, 0) is 38.3 Å². The molecule has 3 aromatic rings. The number of fused-ring (bicyclic) bond motifs is 4. The largest absolute Gasteiger partial charge is 0.352 e. The Bertz CT molecular complexity index is 885. The van der Waals surface area contributed by atoms with E-state index in [2.05, 4.69) is 59.0 Å². The van der Waals surface area contributed by atoms with Crippen molar-refractivity contribution in [1.29, 1.82) is 0 Å². The van der Waals surface area contributed by atoms with Crippen molar-refractivity contribution >= 4 is 22.0 Å². The molecular formula is C19H21N3S. The molecule has 0 N–H and O–H groups in total. The number of para-hydroxylation sites is 1. The molecule has 0 amide bonds. The maximum Gasteiger partial charge on any atom is 0.194 e. The van der Waals surface area contributed by atoms with E-state index < -0.39 is 0 Å². The number of imidazole rings is 1. The van der Waals surface area contributed by atoms with E-state index in [1.54, 1.807) is 11.3 Å². The lowest BCUT2D eigenvalue weighted by atomic mass is 9.92. The Hall–Kier alpha value is -1.81. The summed E-state index contributed by atoms with van der Waals surface area (Å²) in [4.78, 5) is 8.83. The standard InChI is InChI=1S/C19H21N3S/c1-13-7-3-4-8-15(13)22-14(2)16-17(19(22)9-5-6-10-19)21-11-12-23-18(21)20-16/h3-4,7-8,11-12,14H,5-6,9-10H2,1-2H3. The van der Waals surface area contributed by atoms with Crippen molar-refractivity contribution in [2.24, 2.45) is 0 Å². The van der Waals surface area contributed by atoms with Crippen LogP contribution in [0.15, 0.2) is 35.8 Å². The van der Waals surface area contributed by atoms with Crippen molar-refractivity contribution < 1.29 is 0 Å². The van der Waals surface area contributed by atoms with Crippen LogP contribution in [0.5, 0.6) is 0 Å². The predicted molar refractivity (Wildman–Crippen MR) is 95.3 cm³/mol. The van der Waals surface area contributed by atoms with Gasteiger partial charge in [0.1, 0.15) is 0 Å². The second-order valence-corrected chi connectivity index (χ2v) is 7.85. The van der Waals surface area contributed by atoms with E-state index in [9.17, 15) is 0 Å². The molecule has 0 bridgehead atoms. The molecule has 4 heteroatoms. The van der Waals surface area contributed by atoms with Gasteiger partial charge < -0.3 is 4.90 Å². The molecule has 2 aliphatic rings. The molecule has 1 fully saturated rings. The van der Waals surface area contributed by atoms with Crippen molar-refractivity contribution in [3.8, 4) is 0 Å². The number of benzene rings is 1. The fraction of sp³-hybridized carbons (Fsp3) is 0.421. The molecule has 1 atom stereocenters. The van der Waals surface area contributed by atoms with Crippen LogP contribution < -0.4 is 4.90 Å². The minimum atomic E-state index is 0.126. The number of rotatable bonds is 1. The fourth-order valence-electron chi connectivity index (χ4n) is 4.87. The quantitative estimate of drug-likeness (QED) is 0.624. The van der Waals surface area contributed by atoms with Gasteiger partial charge in [0, 0.05) is 17.3 Å². The Morgan fingerprint density at radius 2 is 2.00 bits per heavy atom. The van der Waals surface area contributed by atoms with E-state index in [4.69, 9.17) is 4.98 Å². The van der Waals surface area contributed by atoms with Crippen LogP contribution in [0, 0.1) is 6.92 Å². The Morgan fingerprint density at radius 3 is 2.78 bits per heavy atom. The highest BCUT2D eigenvalue weighted by atomic mass is 32.1. The third kappa shape index (κ3) is 1.62. The number of aryl methyl sites for hydroxylation is 1. The first-order valence-electron chi connectivity index (χ1n) is 8.53. The molecule has 1 aliphatic heterocycles. The maximum atomic E-state index is 5.00. The van der Waals surface area contributed by atoms with Crippen molar-refractivity contribution in [3.05, 3.63) is 52.8 Å². The van der Waals surface area contributed by atoms with Crippen LogP contribution in [0.25, 0.3) is 4.96 Å². The topological polar surface area (TPSA) is 20.5 Å². The Labute approximate surface area is 140 Å². The van der Waals surface area contributed by atoms with Crippen LogP contribution in [0.1, 0.15) is 55.6 Å². The van der Waals surface area contributed by atoms with Gasteiger partial charge in [0.15, 0.2) is 4.96 Å². The fourth-order valence-corrected chi connectivity index (χ4v) is 5.59. The van der Waals surface area contributed by atoms with Gasteiger partial charge in [-0.2, -0.15) is 0 Å². The predicted octanol–water partition coefficient (Wildman–Crippen LogP) is 5.05. The third-order valence-corrected chi connectivity index (χ3v) is 6.54. The number of hydrogen-bond donors (Lipinski definition) is 0. The molecular weight excluding hydrogens is 302 g/mol. The highest BCUT2D eigenvalue weighted by molar-refractivity contribution is 7.15. The lowest BCUT2D eigenvalue weighted by Crippen LogP contribution is -2.41. The minimum Gasteiger partial charge on any atom is -0.352 e. The van der Waals surface area contributed by atoms with Crippen molar-refractivity contribution in [1.82, 2.24) is 9.38 Å². The highest BCUT2D eigenvalue weighted by Gasteiger charge is 2.53. The van der Waals surface area contributed by atoms with Gasteiger partial charge in [0.25, 0.3) is 0 Å². The molecule has 1 unspecified atom stereocenters. The summed E-state index contributed by atoms with van der Waals surface area (Å²) >= 11 is 1.75. The Morgan fingerprint density at radius 1 is 1.22 bits per heavy atom. The molecule has 23 heavy (non-hydrogen) atoms. The lowest BCUT2D eigenvalue weighted by molar-refractivity contribution is 0.403. The van der Waals surface area contributed by atoms with Gasteiger partial charge >= 0.3 is 0 Å². The van der Waals surface area contributed by atoms with Gasteiger partial charge in [-0.15, -0.1) is 11.3 Å². The van der Waals surface area contributed by atoms with E-state index in [1.165, 1.54) is 48.3 Å². The van der Waals surface area contributed by atoms with Crippen molar-refractivity contribution in [2.45, 2.75) is 51.1 Å². The number of anilines is 1. The second-order valence-electron chi connectivity index (χ2n) is 6.97. The molecule has 1 saturated carbocycles. The molecule has 5 rings (SSSR count). The summed E-state index contributed by atoms with van der Waals surface area (Å²) < 4.78 is 2.36. The van der Waals surface area contributed by atoms with E-state index in [1.807, 2.05) is 0 Å². The van der Waals surface area contributed by atoms with Gasteiger partial charge in [0.2, 0.25) is 0 Å². The third-order valence-electron chi connectivity index (χ3n) is 5.78. The smallest absolute Gasteiger partial charge is 0.194 e. The first-order valence-corrected chi connectivity index (χ1v) is 9.41. The van der Waals surface area contributed by atoms with E-state index in [0.717, 1.165) is 4.96 Å². The number of thiazole rings is 1. The molecule has 0 saturated heterocycles. The second kappa shape index (κ2) is 4.60. The summed E-state index contributed by atoms with van der Waals surface area (Å²) in [6.45, 7) is 4.56. The summed E-state index contributed by atoms with van der Waals surface area (Å²) in [6.07, 6.45) is 7.31. The normalized spacial score (nSPS) is 22.3. The molecule has 1 spiro atoms. The summed E-state index contributed by atoms with van der Waals surface area (Å²) in [5, 5.41) is 2.16. The molecule has 3 nitrogen and oxygen atoms in total. The zero-order valence-electron chi connectivity index (χ0n) is 13.6. The summed E-state index contributed by atoms with van der Waals surface area (Å²) in [6, 6.07) is 9.16. The van der Waals surface area contributed by atoms with Crippen LogP contribution in [0.2, 0.25) is 0 Å². The first-order chi connectivity index (χ1) is 11.2. The molecule has 1 aromatic carbocycles. The summed E-state index contributed by atoms with van der Waals surface area (Å²) in [5.41, 5.74) is 5.62. The average Bonchev–Trinajstić information content (AvgIpc) is 3.26. The molecule has 0 radical (unpaired) electrons. The lowest BCUT2D eigenvalue weighted by Gasteiger charge is -2.40. The zero-order chi connectivity index (χ0) is 15.6. The first kappa shape index (κ1) is 13.6. The minimum absolute atomic E-state index is 0.126. The van der Waals surface area contributed by atoms with E-state index in [-0.39, 0.29) is 5.54 Å². The number of hydrogen-bond acceptors (Lipinski definition) is 3. The van der Waals surface area contributed by atoms with E-state index in [0.29, 0.717) is 6.04 Å². The molecule has 118 valence electrons. The highest BCUT2D eigenvalue weighted by Crippen LogP contribution is 2.56. The Kier molecular flexibility index (Phi) is 2.72. The SMILES string of the molecule is Cc1ccccc1N1C(C)c2nc3sccn3c2C12CCCC2. The number of nitrogens with zero attached hydrogens (tertiary/aromatic N) is 3. The van der Waals surface area contributed by atoms with E-state index >= 15 is 0 Å². The number of aromatic nitrogens is 2. The molecule has 1 aliphatic carbocycles.